The predicted molar refractivity (Wildman–Crippen MR) is 75.8 cm³/mol. The molecule has 0 unspecified atom stereocenters. The molecular formula is C16H17NO2. The van der Waals surface area contributed by atoms with Crippen molar-refractivity contribution in [2.24, 2.45) is 0 Å². The van der Waals surface area contributed by atoms with Crippen molar-refractivity contribution in [1.82, 2.24) is 0 Å². The highest BCUT2D eigenvalue weighted by Crippen LogP contribution is 2.33. The van der Waals surface area contributed by atoms with E-state index in [-0.39, 0.29) is 5.97 Å². The second-order valence-electron chi connectivity index (χ2n) is 4.60. The maximum Gasteiger partial charge on any atom is 0.320 e. The van der Waals surface area contributed by atoms with E-state index < -0.39 is 5.41 Å². The molecule has 0 heterocycles. The zero-order valence-electron chi connectivity index (χ0n) is 11.1. The maximum absolute atomic E-state index is 12.3. The van der Waals surface area contributed by atoms with Crippen LogP contribution in [0.15, 0.2) is 54.6 Å². The monoisotopic (exact) mass is 255 g/mol. The minimum Gasteiger partial charge on any atom is -0.468 e. The van der Waals surface area contributed by atoms with Crippen molar-refractivity contribution in [3.8, 4) is 0 Å². The number of methoxy groups -OCH3 is 1. The molecular weight excluding hydrogens is 238 g/mol. The number of nitrogen functional groups attached to an aromatic ring is 1. The van der Waals surface area contributed by atoms with Gasteiger partial charge >= 0.3 is 5.97 Å². The first-order chi connectivity index (χ1) is 9.09. The lowest BCUT2D eigenvalue weighted by Crippen LogP contribution is -2.35. The summed E-state index contributed by atoms with van der Waals surface area (Å²) >= 11 is 0. The average molecular weight is 255 g/mol. The van der Waals surface area contributed by atoms with Crippen LogP contribution in [0.1, 0.15) is 18.1 Å². The van der Waals surface area contributed by atoms with Crippen molar-refractivity contribution >= 4 is 11.7 Å². The van der Waals surface area contributed by atoms with Crippen LogP contribution in [-0.4, -0.2) is 13.1 Å². The van der Waals surface area contributed by atoms with E-state index in [0.29, 0.717) is 5.69 Å². The molecule has 2 rings (SSSR count). The van der Waals surface area contributed by atoms with E-state index in [1.54, 1.807) is 12.1 Å². The zero-order valence-corrected chi connectivity index (χ0v) is 11.1. The van der Waals surface area contributed by atoms with Gasteiger partial charge in [-0.3, -0.25) is 4.79 Å². The lowest BCUT2D eigenvalue weighted by molar-refractivity contribution is -0.145. The maximum atomic E-state index is 12.3. The highest BCUT2D eigenvalue weighted by atomic mass is 16.5. The summed E-state index contributed by atoms with van der Waals surface area (Å²) in [4.78, 5) is 12.3. The standard InChI is InChI=1S/C16H17NO2/c1-16(15(18)19-2,12-6-4-3-5-7-12)13-8-10-14(17)11-9-13/h3-11H,17H2,1-2H3/t16-/m0/s1. The normalized spacial score (nSPS) is 13.6. The fraction of sp³-hybridized carbons (Fsp3) is 0.188. The summed E-state index contributed by atoms with van der Waals surface area (Å²) in [5.41, 5.74) is 7.30. The number of nitrogens with two attached hydrogens (primary N) is 1. The first-order valence-electron chi connectivity index (χ1n) is 6.09. The van der Waals surface area contributed by atoms with E-state index in [0.717, 1.165) is 11.1 Å². The summed E-state index contributed by atoms with van der Waals surface area (Å²) in [5.74, 6) is -0.288. The van der Waals surface area contributed by atoms with Gasteiger partial charge in [-0.25, -0.2) is 0 Å². The molecule has 3 nitrogen and oxygen atoms in total. The van der Waals surface area contributed by atoms with Crippen LogP contribution in [0, 0.1) is 0 Å². The third-order valence-corrected chi connectivity index (χ3v) is 3.43. The Hall–Kier alpha value is -2.29. The van der Waals surface area contributed by atoms with Gasteiger partial charge in [-0.2, -0.15) is 0 Å². The molecule has 0 aromatic heterocycles. The minimum absolute atomic E-state index is 0.288. The quantitative estimate of drug-likeness (QED) is 0.677. The summed E-state index contributed by atoms with van der Waals surface area (Å²) in [6.45, 7) is 1.86. The highest BCUT2D eigenvalue weighted by Gasteiger charge is 2.38. The molecule has 0 aliphatic carbocycles. The van der Waals surface area contributed by atoms with Crippen LogP contribution in [0.3, 0.4) is 0 Å². The van der Waals surface area contributed by atoms with E-state index in [9.17, 15) is 4.79 Å². The van der Waals surface area contributed by atoms with Crippen molar-refractivity contribution in [3.05, 3.63) is 65.7 Å². The van der Waals surface area contributed by atoms with Crippen molar-refractivity contribution in [1.29, 1.82) is 0 Å². The molecule has 1 atom stereocenters. The van der Waals surface area contributed by atoms with Crippen molar-refractivity contribution in [2.45, 2.75) is 12.3 Å². The van der Waals surface area contributed by atoms with Gasteiger partial charge in [0, 0.05) is 5.69 Å². The topological polar surface area (TPSA) is 52.3 Å². The molecule has 0 saturated heterocycles. The molecule has 3 heteroatoms. The Morgan fingerprint density at radius 1 is 1.00 bits per heavy atom. The molecule has 0 radical (unpaired) electrons. The van der Waals surface area contributed by atoms with Crippen LogP contribution in [0.25, 0.3) is 0 Å². The minimum atomic E-state index is -0.830. The van der Waals surface area contributed by atoms with Gasteiger partial charge < -0.3 is 10.5 Å². The number of ether oxygens (including phenoxy) is 1. The van der Waals surface area contributed by atoms with Gasteiger partial charge in [0.15, 0.2) is 0 Å². The number of esters is 1. The second kappa shape index (κ2) is 5.14. The van der Waals surface area contributed by atoms with Gasteiger partial charge in [-0.15, -0.1) is 0 Å². The molecule has 0 aliphatic rings. The molecule has 98 valence electrons. The molecule has 0 amide bonds. The van der Waals surface area contributed by atoms with Gasteiger partial charge in [0.1, 0.15) is 5.41 Å². The van der Waals surface area contributed by atoms with Gasteiger partial charge in [-0.1, -0.05) is 42.5 Å². The Labute approximate surface area is 113 Å². The van der Waals surface area contributed by atoms with Crippen LogP contribution in [0.4, 0.5) is 5.69 Å². The third-order valence-electron chi connectivity index (χ3n) is 3.43. The van der Waals surface area contributed by atoms with Gasteiger partial charge in [0.2, 0.25) is 0 Å². The van der Waals surface area contributed by atoms with Crippen LogP contribution < -0.4 is 5.73 Å². The van der Waals surface area contributed by atoms with E-state index in [1.807, 2.05) is 49.4 Å². The molecule has 2 aromatic rings. The Kier molecular flexibility index (Phi) is 3.56. The second-order valence-corrected chi connectivity index (χ2v) is 4.60. The smallest absolute Gasteiger partial charge is 0.320 e. The summed E-state index contributed by atoms with van der Waals surface area (Å²) < 4.78 is 4.98. The zero-order chi connectivity index (χ0) is 13.9. The lowest BCUT2D eigenvalue weighted by atomic mass is 9.76. The first kappa shape index (κ1) is 13.1. The number of benzene rings is 2. The Balaban J connectivity index is 2.58. The van der Waals surface area contributed by atoms with Crippen LogP contribution in [-0.2, 0) is 14.9 Å². The first-order valence-corrected chi connectivity index (χ1v) is 6.09. The average Bonchev–Trinajstić information content (AvgIpc) is 2.47. The van der Waals surface area contributed by atoms with Crippen LogP contribution in [0.2, 0.25) is 0 Å². The lowest BCUT2D eigenvalue weighted by Gasteiger charge is -2.27. The van der Waals surface area contributed by atoms with Crippen LogP contribution in [0.5, 0.6) is 0 Å². The molecule has 0 aliphatic heterocycles. The summed E-state index contributed by atoms with van der Waals surface area (Å²) in [6, 6.07) is 16.9. The van der Waals surface area contributed by atoms with E-state index >= 15 is 0 Å². The van der Waals surface area contributed by atoms with Gasteiger partial charge in [0.05, 0.1) is 7.11 Å². The Morgan fingerprint density at radius 3 is 2.05 bits per heavy atom. The van der Waals surface area contributed by atoms with Gasteiger partial charge in [-0.05, 0) is 30.2 Å². The van der Waals surface area contributed by atoms with E-state index in [4.69, 9.17) is 10.5 Å². The number of hydrogen-bond donors (Lipinski definition) is 1. The molecule has 2 N–H and O–H groups in total. The van der Waals surface area contributed by atoms with Crippen molar-refractivity contribution < 1.29 is 9.53 Å². The third kappa shape index (κ3) is 2.32. The Bertz CT molecular complexity index is 563. The van der Waals surface area contributed by atoms with Crippen LogP contribution >= 0.6 is 0 Å². The number of hydrogen-bond acceptors (Lipinski definition) is 3. The molecule has 0 saturated carbocycles. The SMILES string of the molecule is COC(=O)[C@@](C)(c1ccccc1)c1ccc(N)cc1. The van der Waals surface area contributed by atoms with Crippen molar-refractivity contribution in [3.63, 3.8) is 0 Å². The molecule has 0 bridgehead atoms. The molecule has 2 aromatic carbocycles. The summed E-state index contributed by atoms with van der Waals surface area (Å²) in [5, 5.41) is 0. The fourth-order valence-electron chi connectivity index (χ4n) is 2.19. The molecule has 0 spiro atoms. The van der Waals surface area contributed by atoms with E-state index in [2.05, 4.69) is 0 Å². The number of anilines is 1. The van der Waals surface area contributed by atoms with Gasteiger partial charge in [0.25, 0.3) is 0 Å². The van der Waals surface area contributed by atoms with E-state index in [1.165, 1.54) is 7.11 Å². The summed E-state index contributed by atoms with van der Waals surface area (Å²) in [7, 11) is 1.40. The predicted octanol–water partition coefficient (Wildman–Crippen LogP) is 2.75. The highest BCUT2D eigenvalue weighted by molar-refractivity contribution is 5.87. The fourth-order valence-corrected chi connectivity index (χ4v) is 2.19. The number of rotatable bonds is 3. The van der Waals surface area contributed by atoms with Crippen molar-refractivity contribution in [2.75, 3.05) is 12.8 Å². The number of carbonyl (C=O) groups excluding carboxylic acids is 1. The largest absolute Gasteiger partial charge is 0.468 e. The number of carbonyl (C=O) groups is 1. The molecule has 0 fully saturated rings. The summed E-state index contributed by atoms with van der Waals surface area (Å²) in [6.07, 6.45) is 0. The Morgan fingerprint density at radius 2 is 1.53 bits per heavy atom. The molecule has 19 heavy (non-hydrogen) atoms.